The van der Waals surface area contributed by atoms with Crippen LogP contribution in [0, 0.1) is 0 Å². The van der Waals surface area contributed by atoms with E-state index in [0.717, 1.165) is 0 Å². The number of fused-ring (bicyclic) bond motifs is 1. The monoisotopic (exact) mass is 270 g/mol. The van der Waals surface area contributed by atoms with Crippen LogP contribution in [-0.4, -0.2) is 0 Å². The van der Waals surface area contributed by atoms with E-state index in [0.29, 0.717) is 0 Å². The van der Waals surface area contributed by atoms with Crippen LogP contribution >= 0.6 is 18.5 Å². The van der Waals surface area contributed by atoms with Crippen molar-refractivity contribution in [3.8, 4) is 0 Å². The lowest BCUT2D eigenvalue weighted by Crippen LogP contribution is -2.08. The summed E-state index contributed by atoms with van der Waals surface area (Å²) in [4.78, 5) is 0. The van der Waals surface area contributed by atoms with Gasteiger partial charge < -0.3 is 0 Å². The Morgan fingerprint density at radius 3 is 2.17 bits per heavy atom. The first-order valence-electron chi connectivity index (χ1n) is 5.85. The van der Waals surface area contributed by atoms with Gasteiger partial charge in [-0.2, -0.15) is 0 Å². The van der Waals surface area contributed by atoms with Crippen molar-refractivity contribution < 1.29 is 0 Å². The molecule has 88 valence electrons. The van der Waals surface area contributed by atoms with Gasteiger partial charge in [-0.3, -0.25) is 0 Å². The van der Waals surface area contributed by atoms with Gasteiger partial charge in [-0.15, -0.1) is 0 Å². The molecule has 0 spiro atoms. The van der Waals surface area contributed by atoms with E-state index in [1.165, 1.54) is 21.4 Å². The fourth-order valence-electron chi connectivity index (χ4n) is 2.08. The van der Waals surface area contributed by atoms with Crippen LogP contribution in [0.3, 0.4) is 0 Å². The van der Waals surface area contributed by atoms with E-state index in [1.54, 1.807) is 0 Å². The molecule has 3 aromatic carbocycles. The lowest BCUT2D eigenvalue weighted by atomic mass is 10.1. The summed E-state index contributed by atoms with van der Waals surface area (Å²) in [6, 6.07) is 25.0. The average Bonchev–Trinajstić information content (AvgIpc) is 2.47. The van der Waals surface area contributed by atoms with Gasteiger partial charge in [0.15, 0.2) is 0 Å². The zero-order valence-corrected chi connectivity index (χ0v) is 11.4. The largest absolute Gasteiger partial charge is 0.0858 e. The van der Waals surface area contributed by atoms with Gasteiger partial charge in [0, 0.05) is 5.30 Å². The topological polar surface area (TPSA) is 0 Å². The number of benzene rings is 3. The second kappa shape index (κ2) is 5.10. The van der Waals surface area contributed by atoms with E-state index < -0.39 is 7.27 Å². The molecule has 0 aliphatic heterocycles. The summed E-state index contributed by atoms with van der Waals surface area (Å²) in [5.41, 5.74) is 0. The van der Waals surface area contributed by atoms with Gasteiger partial charge in [-0.1, -0.05) is 84.0 Å². The van der Waals surface area contributed by atoms with E-state index in [9.17, 15) is 0 Å². The van der Waals surface area contributed by atoms with Gasteiger partial charge in [0.2, 0.25) is 0 Å². The van der Waals surface area contributed by atoms with Gasteiger partial charge >= 0.3 is 0 Å². The van der Waals surface area contributed by atoms with Crippen molar-refractivity contribution in [2.75, 3.05) is 0 Å². The Balaban J connectivity index is 2.15. The molecule has 0 radical (unpaired) electrons. The van der Waals surface area contributed by atoms with Crippen LogP contribution in [0.2, 0.25) is 0 Å². The van der Waals surface area contributed by atoms with Gasteiger partial charge in [0.05, 0.1) is 7.27 Å². The molecule has 0 bridgehead atoms. The summed E-state index contributed by atoms with van der Waals surface area (Å²) in [5, 5.41) is 4.94. The summed E-state index contributed by atoms with van der Waals surface area (Å²) in [6.45, 7) is 0. The minimum absolute atomic E-state index is 0.798. The van der Waals surface area contributed by atoms with Crippen molar-refractivity contribution in [2.24, 2.45) is 0 Å². The first-order chi connectivity index (χ1) is 8.86. The highest BCUT2D eigenvalue weighted by Crippen LogP contribution is 2.40. The Labute approximate surface area is 113 Å². The summed E-state index contributed by atoms with van der Waals surface area (Å²) in [6.07, 6.45) is 0. The van der Waals surface area contributed by atoms with Crippen LogP contribution in [0.1, 0.15) is 0 Å². The maximum absolute atomic E-state index is 6.68. The first kappa shape index (κ1) is 11.7. The van der Waals surface area contributed by atoms with Crippen LogP contribution in [-0.2, 0) is 0 Å². The van der Waals surface area contributed by atoms with Gasteiger partial charge in [0.25, 0.3) is 0 Å². The predicted octanol–water partition coefficient (Wildman–Crippen LogP) is 4.43. The Kier molecular flexibility index (Phi) is 3.32. The molecule has 1 unspecified atom stereocenters. The maximum atomic E-state index is 6.68. The fourth-order valence-corrected chi connectivity index (χ4v) is 4.20. The van der Waals surface area contributed by atoms with E-state index >= 15 is 0 Å². The van der Waals surface area contributed by atoms with Gasteiger partial charge in [-0.25, -0.2) is 0 Å². The SMILES string of the molecule is ClP(c1ccccc1)c1cccc2ccccc12. The number of rotatable bonds is 2. The molecule has 18 heavy (non-hydrogen) atoms. The molecule has 0 saturated carbocycles. The number of hydrogen-bond donors (Lipinski definition) is 0. The van der Waals surface area contributed by atoms with Crippen LogP contribution in [0.5, 0.6) is 0 Å². The molecule has 2 heteroatoms. The number of halogens is 1. The van der Waals surface area contributed by atoms with E-state index in [1.807, 2.05) is 18.2 Å². The third-order valence-electron chi connectivity index (χ3n) is 2.96. The molecule has 0 heterocycles. The van der Waals surface area contributed by atoms with E-state index in [-0.39, 0.29) is 0 Å². The standard InChI is InChI=1S/C16H12ClP/c17-18(14-9-2-1-3-10-14)16-12-6-8-13-7-4-5-11-15(13)16/h1-12H. The quantitative estimate of drug-likeness (QED) is 0.605. The third kappa shape index (κ3) is 2.14. The first-order valence-corrected chi connectivity index (χ1v) is 8.09. The predicted molar refractivity (Wildman–Crippen MR) is 82.4 cm³/mol. The molecular formula is C16H12ClP. The van der Waals surface area contributed by atoms with Crippen molar-refractivity contribution in [1.29, 1.82) is 0 Å². The van der Waals surface area contributed by atoms with Crippen molar-refractivity contribution in [1.82, 2.24) is 0 Å². The van der Waals surface area contributed by atoms with Gasteiger partial charge in [0.1, 0.15) is 0 Å². The van der Waals surface area contributed by atoms with Crippen LogP contribution in [0.15, 0.2) is 72.8 Å². The summed E-state index contributed by atoms with van der Waals surface area (Å²) >= 11 is 6.68. The zero-order chi connectivity index (χ0) is 12.4. The van der Waals surface area contributed by atoms with Crippen molar-refractivity contribution in [3.63, 3.8) is 0 Å². The zero-order valence-electron chi connectivity index (χ0n) is 9.75. The summed E-state index contributed by atoms with van der Waals surface area (Å²) < 4.78 is 0. The molecular weight excluding hydrogens is 259 g/mol. The lowest BCUT2D eigenvalue weighted by Gasteiger charge is -2.13. The molecule has 3 rings (SSSR count). The van der Waals surface area contributed by atoms with Crippen LogP contribution < -0.4 is 10.6 Å². The van der Waals surface area contributed by atoms with Crippen molar-refractivity contribution in [2.45, 2.75) is 0 Å². The highest BCUT2D eigenvalue weighted by molar-refractivity contribution is 7.96. The average molecular weight is 271 g/mol. The molecule has 0 aliphatic carbocycles. The Hall–Kier alpha value is -1.36. The van der Waals surface area contributed by atoms with Crippen LogP contribution in [0.4, 0.5) is 0 Å². The Morgan fingerprint density at radius 1 is 0.667 bits per heavy atom. The smallest absolute Gasteiger partial charge is 0.0530 e. The van der Waals surface area contributed by atoms with Crippen LogP contribution in [0.25, 0.3) is 10.8 Å². The third-order valence-corrected chi connectivity index (χ3v) is 5.66. The van der Waals surface area contributed by atoms with E-state index in [2.05, 4.69) is 54.6 Å². The minimum atomic E-state index is -0.798. The maximum Gasteiger partial charge on any atom is 0.0530 e. The lowest BCUT2D eigenvalue weighted by molar-refractivity contribution is 1.77. The number of hydrogen-bond acceptors (Lipinski definition) is 0. The molecule has 0 saturated heterocycles. The van der Waals surface area contributed by atoms with E-state index in [4.69, 9.17) is 11.2 Å². The highest BCUT2D eigenvalue weighted by Gasteiger charge is 2.12. The molecule has 0 N–H and O–H groups in total. The summed E-state index contributed by atoms with van der Waals surface area (Å²) in [7, 11) is -0.798. The normalized spacial score (nSPS) is 12.5. The molecule has 0 amide bonds. The molecule has 0 nitrogen and oxygen atoms in total. The molecule has 0 aliphatic rings. The molecule has 1 atom stereocenters. The molecule has 0 aromatic heterocycles. The molecule has 3 aromatic rings. The Morgan fingerprint density at radius 2 is 1.33 bits per heavy atom. The minimum Gasteiger partial charge on any atom is -0.0858 e. The second-order valence-corrected chi connectivity index (χ2v) is 6.69. The Bertz CT molecular complexity index is 659. The molecule has 0 fully saturated rings. The summed E-state index contributed by atoms with van der Waals surface area (Å²) in [5.74, 6) is 0. The van der Waals surface area contributed by atoms with Crippen molar-refractivity contribution >= 4 is 39.9 Å². The fraction of sp³-hybridized carbons (Fsp3) is 0. The second-order valence-electron chi connectivity index (χ2n) is 4.11. The van der Waals surface area contributed by atoms with Crippen molar-refractivity contribution in [3.05, 3.63) is 72.8 Å². The van der Waals surface area contributed by atoms with Gasteiger partial charge in [-0.05, 0) is 16.1 Å². The highest BCUT2D eigenvalue weighted by atomic mass is 35.7.